The van der Waals surface area contributed by atoms with Crippen LogP contribution in [0.4, 0.5) is 5.69 Å². The summed E-state index contributed by atoms with van der Waals surface area (Å²) in [6, 6.07) is 3.55. The highest BCUT2D eigenvalue weighted by Gasteiger charge is 2.11. The predicted molar refractivity (Wildman–Crippen MR) is 78.9 cm³/mol. The third-order valence-electron chi connectivity index (χ3n) is 2.69. The topological polar surface area (TPSA) is 71.1 Å². The lowest BCUT2D eigenvalue weighted by Crippen LogP contribution is -2.33. The molecule has 106 valence electrons. The predicted octanol–water partition coefficient (Wildman–Crippen LogP) is 1.40. The molecular weight excluding hydrogens is 262 g/mol. The number of hydrogen-bond acceptors (Lipinski definition) is 4. The fourth-order valence-corrected chi connectivity index (χ4v) is 1.70. The molecule has 0 saturated carbocycles. The molecule has 2 atom stereocenters. The number of carbonyl (C=O) groups is 1. The Bertz CT molecular complexity index is 451. The van der Waals surface area contributed by atoms with Gasteiger partial charge in [0, 0.05) is 47.3 Å². The van der Waals surface area contributed by atoms with Crippen LogP contribution in [0.3, 0.4) is 0 Å². The Kier molecular flexibility index (Phi) is 6.49. The minimum atomic E-state index is -0.939. The second-order valence-electron chi connectivity index (χ2n) is 4.38. The van der Waals surface area contributed by atoms with E-state index in [0.29, 0.717) is 12.2 Å². The Balaban J connectivity index is 2.59. The molecule has 1 heterocycles. The van der Waals surface area contributed by atoms with E-state index in [1.54, 1.807) is 18.5 Å². The molecule has 0 aliphatic carbocycles. The van der Waals surface area contributed by atoms with Crippen molar-refractivity contribution in [2.24, 2.45) is 0 Å². The van der Waals surface area contributed by atoms with Gasteiger partial charge in [-0.1, -0.05) is 6.92 Å². The molecule has 6 heteroatoms. The normalized spacial score (nSPS) is 13.6. The highest BCUT2D eigenvalue weighted by Crippen LogP contribution is 2.08. The molecular formula is C13H21N3O2S. The molecule has 0 radical (unpaired) electrons. The van der Waals surface area contributed by atoms with Gasteiger partial charge in [0.05, 0.1) is 0 Å². The average Bonchev–Trinajstić information content (AvgIpc) is 2.42. The van der Waals surface area contributed by atoms with Crippen LogP contribution in [0.1, 0.15) is 30.8 Å². The summed E-state index contributed by atoms with van der Waals surface area (Å²) >= 11 is 0. The van der Waals surface area contributed by atoms with E-state index >= 15 is 0 Å². The lowest BCUT2D eigenvalue weighted by Gasteiger charge is -2.10. The van der Waals surface area contributed by atoms with Crippen molar-refractivity contribution < 1.29 is 9.00 Å². The first kappa shape index (κ1) is 15.6. The van der Waals surface area contributed by atoms with E-state index in [1.165, 1.54) is 0 Å². The van der Waals surface area contributed by atoms with E-state index in [-0.39, 0.29) is 11.2 Å². The number of nitrogens with zero attached hydrogens (tertiary/aromatic N) is 1. The molecule has 0 fully saturated rings. The highest BCUT2D eigenvalue weighted by atomic mass is 32.2. The molecule has 0 aliphatic rings. The van der Waals surface area contributed by atoms with Crippen LogP contribution >= 0.6 is 0 Å². The second kappa shape index (κ2) is 7.89. The van der Waals surface area contributed by atoms with Crippen molar-refractivity contribution >= 4 is 22.4 Å². The summed E-state index contributed by atoms with van der Waals surface area (Å²) in [5.41, 5.74) is 1.25. The average molecular weight is 283 g/mol. The zero-order valence-corrected chi connectivity index (χ0v) is 12.4. The lowest BCUT2D eigenvalue weighted by atomic mass is 10.3. The standard InChI is InChI=1S/C13H21N3O2S/c1-4-6-14-11-5-7-15-12(8-11)13(17)16-9-10(2)19(3)18/h5,7-8,10H,4,6,9H2,1-3H3,(H,14,15)(H,16,17). The van der Waals surface area contributed by atoms with Gasteiger partial charge < -0.3 is 10.6 Å². The van der Waals surface area contributed by atoms with Gasteiger partial charge in [-0.15, -0.1) is 0 Å². The maximum absolute atomic E-state index is 11.9. The molecule has 1 rings (SSSR count). The molecule has 1 amide bonds. The van der Waals surface area contributed by atoms with E-state index in [2.05, 4.69) is 22.5 Å². The van der Waals surface area contributed by atoms with E-state index in [1.807, 2.05) is 13.0 Å². The number of hydrogen-bond donors (Lipinski definition) is 2. The molecule has 1 aromatic rings. The first-order chi connectivity index (χ1) is 9.04. The van der Waals surface area contributed by atoms with Gasteiger partial charge >= 0.3 is 0 Å². The first-order valence-electron chi connectivity index (χ1n) is 6.35. The summed E-state index contributed by atoms with van der Waals surface area (Å²) in [4.78, 5) is 15.9. The molecule has 19 heavy (non-hydrogen) atoms. The molecule has 1 aromatic heterocycles. The summed E-state index contributed by atoms with van der Waals surface area (Å²) < 4.78 is 11.2. The molecule has 2 unspecified atom stereocenters. The van der Waals surface area contributed by atoms with E-state index in [9.17, 15) is 9.00 Å². The third-order valence-corrected chi connectivity index (χ3v) is 3.99. The van der Waals surface area contributed by atoms with Gasteiger partial charge in [0.1, 0.15) is 5.69 Å². The van der Waals surface area contributed by atoms with Crippen molar-refractivity contribution in [2.45, 2.75) is 25.5 Å². The SMILES string of the molecule is CCCNc1ccnc(C(=O)NCC(C)S(C)=O)c1. The van der Waals surface area contributed by atoms with E-state index < -0.39 is 10.8 Å². The van der Waals surface area contributed by atoms with Crippen molar-refractivity contribution in [3.05, 3.63) is 24.0 Å². The first-order valence-corrected chi connectivity index (χ1v) is 7.97. The maximum atomic E-state index is 11.9. The van der Waals surface area contributed by atoms with Crippen LogP contribution in [0.15, 0.2) is 18.3 Å². The van der Waals surface area contributed by atoms with Crippen LogP contribution in [0, 0.1) is 0 Å². The fraction of sp³-hybridized carbons (Fsp3) is 0.538. The van der Waals surface area contributed by atoms with E-state index in [4.69, 9.17) is 0 Å². The second-order valence-corrected chi connectivity index (χ2v) is 6.18. The van der Waals surface area contributed by atoms with Crippen LogP contribution in [-0.4, -0.2) is 39.7 Å². The fourth-order valence-electron chi connectivity index (χ4n) is 1.38. The maximum Gasteiger partial charge on any atom is 0.269 e. The number of aromatic nitrogens is 1. The molecule has 0 spiro atoms. The number of nitrogens with one attached hydrogen (secondary N) is 2. The zero-order valence-electron chi connectivity index (χ0n) is 11.6. The lowest BCUT2D eigenvalue weighted by molar-refractivity contribution is 0.0949. The van der Waals surface area contributed by atoms with Crippen LogP contribution < -0.4 is 10.6 Å². The molecule has 5 nitrogen and oxygen atoms in total. The number of anilines is 1. The third kappa shape index (κ3) is 5.38. The molecule has 2 N–H and O–H groups in total. The molecule has 0 aromatic carbocycles. The molecule has 0 saturated heterocycles. The smallest absolute Gasteiger partial charge is 0.269 e. The van der Waals surface area contributed by atoms with Crippen LogP contribution in [-0.2, 0) is 10.8 Å². The van der Waals surface area contributed by atoms with Gasteiger partial charge in [-0.2, -0.15) is 0 Å². The summed E-state index contributed by atoms with van der Waals surface area (Å²) in [5.74, 6) is -0.238. The summed E-state index contributed by atoms with van der Waals surface area (Å²) in [5, 5.41) is 5.88. The molecule has 0 aliphatic heterocycles. The monoisotopic (exact) mass is 283 g/mol. The van der Waals surface area contributed by atoms with Gasteiger partial charge in [-0.3, -0.25) is 14.0 Å². The summed E-state index contributed by atoms with van der Waals surface area (Å²) in [6.07, 6.45) is 4.25. The Morgan fingerprint density at radius 2 is 2.26 bits per heavy atom. The van der Waals surface area contributed by atoms with Gasteiger partial charge in [-0.05, 0) is 25.5 Å². The van der Waals surface area contributed by atoms with E-state index in [0.717, 1.165) is 18.7 Å². The number of pyridine rings is 1. The minimum Gasteiger partial charge on any atom is -0.385 e. The van der Waals surface area contributed by atoms with Gasteiger partial charge in [0.25, 0.3) is 5.91 Å². The number of carbonyl (C=O) groups excluding carboxylic acids is 1. The number of rotatable bonds is 7. The Morgan fingerprint density at radius 3 is 2.89 bits per heavy atom. The quantitative estimate of drug-likeness (QED) is 0.793. The minimum absolute atomic E-state index is 0.0645. The van der Waals surface area contributed by atoms with Gasteiger partial charge in [-0.25, -0.2) is 0 Å². The largest absolute Gasteiger partial charge is 0.385 e. The van der Waals surface area contributed by atoms with Crippen LogP contribution in [0.25, 0.3) is 0 Å². The van der Waals surface area contributed by atoms with Crippen molar-refractivity contribution in [2.75, 3.05) is 24.7 Å². The Labute approximate surface area is 116 Å². The van der Waals surface area contributed by atoms with Crippen molar-refractivity contribution in [1.29, 1.82) is 0 Å². The Morgan fingerprint density at radius 1 is 1.53 bits per heavy atom. The van der Waals surface area contributed by atoms with Gasteiger partial charge in [0.2, 0.25) is 0 Å². The number of amides is 1. The highest BCUT2D eigenvalue weighted by molar-refractivity contribution is 7.84. The van der Waals surface area contributed by atoms with Crippen molar-refractivity contribution in [3.8, 4) is 0 Å². The summed E-state index contributed by atoms with van der Waals surface area (Å²) in [7, 11) is -0.939. The van der Waals surface area contributed by atoms with Crippen molar-refractivity contribution in [1.82, 2.24) is 10.3 Å². The van der Waals surface area contributed by atoms with Gasteiger partial charge in [0.15, 0.2) is 0 Å². The Hall–Kier alpha value is -1.43. The van der Waals surface area contributed by atoms with Crippen LogP contribution in [0.5, 0.6) is 0 Å². The molecule has 0 bridgehead atoms. The summed E-state index contributed by atoms with van der Waals surface area (Å²) in [6.45, 7) is 5.16. The zero-order chi connectivity index (χ0) is 14.3. The van der Waals surface area contributed by atoms with Crippen molar-refractivity contribution in [3.63, 3.8) is 0 Å². The van der Waals surface area contributed by atoms with Crippen LogP contribution in [0.2, 0.25) is 0 Å².